The van der Waals surface area contributed by atoms with Gasteiger partial charge >= 0.3 is 6.09 Å². The molecular formula is C13H25NO5S. The van der Waals surface area contributed by atoms with Gasteiger partial charge in [0.2, 0.25) is 0 Å². The fourth-order valence-electron chi connectivity index (χ4n) is 1.98. The number of ether oxygens (including phenoxy) is 1. The molecule has 0 aromatic heterocycles. The highest BCUT2D eigenvalue weighted by molar-refractivity contribution is 7.86. The molecule has 0 aromatic rings. The SMILES string of the molecule is CCS(=O)(=O)OCC1CCCN(C(=O)OC(C)(C)C)C1. The number of hydrogen-bond donors (Lipinski definition) is 0. The van der Waals surface area contributed by atoms with Crippen molar-refractivity contribution >= 4 is 16.2 Å². The van der Waals surface area contributed by atoms with Crippen LogP contribution in [-0.4, -0.2) is 50.5 Å². The predicted molar refractivity (Wildman–Crippen MR) is 75.9 cm³/mol. The lowest BCUT2D eigenvalue weighted by Crippen LogP contribution is -2.44. The van der Waals surface area contributed by atoms with Crippen molar-refractivity contribution in [3.8, 4) is 0 Å². The van der Waals surface area contributed by atoms with Gasteiger partial charge in [-0.25, -0.2) is 4.79 Å². The van der Waals surface area contributed by atoms with Crippen LogP contribution in [0.5, 0.6) is 0 Å². The smallest absolute Gasteiger partial charge is 0.410 e. The van der Waals surface area contributed by atoms with Crippen LogP contribution in [0, 0.1) is 5.92 Å². The average Bonchev–Trinajstić information content (AvgIpc) is 2.35. The number of piperidine rings is 1. The average molecular weight is 307 g/mol. The zero-order valence-corrected chi connectivity index (χ0v) is 13.5. The molecule has 1 heterocycles. The van der Waals surface area contributed by atoms with Crippen molar-refractivity contribution in [1.29, 1.82) is 0 Å². The summed E-state index contributed by atoms with van der Waals surface area (Å²) in [7, 11) is -3.42. The molecule has 0 saturated carbocycles. The Morgan fingerprint density at radius 1 is 1.35 bits per heavy atom. The van der Waals surface area contributed by atoms with Crippen LogP contribution in [0.2, 0.25) is 0 Å². The summed E-state index contributed by atoms with van der Waals surface area (Å²) in [6.45, 7) is 8.27. The van der Waals surface area contributed by atoms with Crippen molar-refractivity contribution in [2.75, 3.05) is 25.4 Å². The lowest BCUT2D eigenvalue weighted by Gasteiger charge is -2.33. The first-order valence-electron chi connectivity index (χ1n) is 6.98. The van der Waals surface area contributed by atoms with Crippen molar-refractivity contribution in [2.24, 2.45) is 5.92 Å². The topological polar surface area (TPSA) is 72.9 Å². The summed E-state index contributed by atoms with van der Waals surface area (Å²) in [4.78, 5) is 13.6. The Hall–Kier alpha value is -0.820. The molecule has 6 nitrogen and oxygen atoms in total. The summed E-state index contributed by atoms with van der Waals surface area (Å²) in [5.74, 6) is 0.00720. The van der Waals surface area contributed by atoms with E-state index in [0.717, 1.165) is 12.8 Å². The second kappa shape index (κ2) is 6.76. The Balaban J connectivity index is 2.48. The van der Waals surface area contributed by atoms with Crippen LogP contribution in [0.25, 0.3) is 0 Å². The Bertz CT molecular complexity index is 427. The highest BCUT2D eigenvalue weighted by Gasteiger charge is 2.28. The lowest BCUT2D eigenvalue weighted by atomic mass is 9.99. The maximum absolute atomic E-state index is 12.0. The van der Waals surface area contributed by atoms with Gasteiger partial charge in [0.15, 0.2) is 0 Å². The van der Waals surface area contributed by atoms with Crippen LogP contribution >= 0.6 is 0 Å². The molecule has 1 fully saturated rings. The Morgan fingerprint density at radius 3 is 2.55 bits per heavy atom. The second-order valence-corrected chi connectivity index (χ2v) is 7.99. The third-order valence-corrected chi connectivity index (χ3v) is 4.21. The van der Waals surface area contributed by atoms with Gasteiger partial charge < -0.3 is 9.64 Å². The molecule has 0 aliphatic carbocycles. The number of likely N-dealkylation sites (tertiary alicyclic amines) is 1. The zero-order chi connectivity index (χ0) is 15.4. The van der Waals surface area contributed by atoms with Crippen LogP contribution in [0.15, 0.2) is 0 Å². The minimum absolute atomic E-state index is 0.0322. The van der Waals surface area contributed by atoms with Gasteiger partial charge in [0.25, 0.3) is 10.1 Å². The molecule has 1 rings (SSSR count). The zero-order valence-electron chi connectivity index (χ0n) is 12.7. The van der Waals surface area contributed by atoms with Gasteiger partial charge in [0.1, 0.15) is 5.60 Å². The van der Waals surface area contributed by atoms with Crippen molar-refractivity contribution in [3.05, 3.63) is 0 Å². The van der Waals surface area contributed by atoms with Crippen molar-refractivity contribution in [3.63, 3.8) is 0 Å². The van der Waals surface area contributed by atoms with Crippen LogP contribution < -0.4 is 0 Å². The van der Waals surface area contributed by atoms with Gasteiger partial charge in [-0.3, -0.25) is 4.18 Å². The first-order chi connectivity index (χ1) is 9.13. The van der Waals surface area contributed by atoms with Gasteiger partial charge in [0.05, 0.1) is 12.4 Å². The first kappa shape index (κ1) is 17.2. The maximum Gasteiger partial charge on any atom is 0.410 e. The summed E-state index contributed by atoms with van der Waals surface area (Å²) in [6, 6.07) is 0. The van der Waals surface area contributed by atoms with Gasteiger partial charge in [-0.2, -0.15) is 8.42 Å². The second-order valence-electron chi connectivity index (χ2n) is 6.07. The fraction of sp³-hybridized carbons (Fsp3) is 0.923. The Morgan fingerprint density at radius 2 is 2.00 bits per heavy atom. The first-order valence-corrected chi connectivity index (χ1v) is 8.55. The molecule has 0 radical (unpaired) electrons. The normalized spacial score (nSPS) is 20.8. The van der Waals surface area contributed by atoms with Gasteiger partial charge in [-0.1, -0.05) is 0 Å². The molecule has 0 aromatic carbocycles. The molecular weight excluding hydrogens is 282 g/mol. The standard InChI is InChI=1S/C13H25NO5S/c1-5-20(16,17)18-10-11-7-6-8-14(9-11)12(15)19-13(2,3)4/h11H,5-10H2,1-4H3. The minimum atomic E-state index is -3.42. The number of nitrogens with zero attached hydrogens (tertiary/aromatic N) is 1. The molecule has 1 unspecified atom stereocenters. The van der Waals surface area contributed by atoms with Gasteiger partial charge in [-0.05, 0) is 40.5 Å². The van der Waals surface area contributed by atoms with E-state index in [1.807, 2.05) is 20.8 Å². The lowest BCUT2D eigenvalue weighted by molar-refractivity contribution is 0.0142. The Labute approximate surface area is 121 Å². The van der Waals surface area contributed by atoms with E-state index >= 15 is 0 Å². The van der Waals surface area contributed by atoms with E-state index in [0.29, 0.717) is 13.1 Å². The molecule has 0 bridgehead atoms. The summed E-state index contributed by atoms with van der Waals surface area (Å²) >= 11 is 0. The number of carbonyl (C=O) groups excluding carboxylic acids is 1. The molecule has 0 N–H and O–H groups in total. The van der Waals surface area contributed by atoms with E-state index in [2.05, 4.69) is 0 Å². The van der Waals surface area contributed by atoms with Crippen molar-refractivity contribution in [2.45, 2.75) is 46.1 Å². The van der Waals surface area contributed by atoms with E-state index in [-0.39, 0.29) is 24.4 Å². The number of rotatable bonds is 4. The monoisotopic (exact) mass is 307 g/mol. The number of amides is 1. The van der Waals surface area contributed by atoms with Crippen LogP contribution in [0.1, 0.15) is 40.5 Å². The van der Waals surface area contributed by atoms with E-state index in [1.165, 1.54) is 0 Å². The van der Waals surface area contributed by atoms with E-state index < -0.39 is 15.7 Å². The maximum atomic E-state index is 12.0. The third kappa shape index (κ3) is 6.09. The highest BCUT2D eigenvalue weighted by atomic mass is 32.2. The molecule has 1 amide bonds. The largest absolute Gasteiger partial charge is 0.444 e. The van der Waals surface area contributed by atoms with Gasteiger partial charge in [0, 0.05) is 19.0 Å². The molecule has 7 heteroatoms. The van der Waals surface area contributed by atoms with Gasteiger partial charge in [-0.15, -0.1) is 0 Å². The fourth-order valence-corrected chi connectivity index (χ4v) is 2.54. The molecule has 1 aliphatic rings. The van der Waals surface area contributed by atoms with E-state index in [9.17, 15) is 13.2 Å². The molecule has 20 heavy (non-hydrogen) atoms. The van der Waals surface area contributed by atoms with Crippen molar-refractivity contribution < 1.29 is 22.1 Å². The number of carbonyl (C=O) groups is 1. The summed E-state index contributed by atoms with van der Waals surface area (Å²) in [5, 5.41) is 0. The third-order valence-electron chi connectivity index (χ3n) is 3.01. The van der Waals surface area contributed by atoms with Crippen LogP contribution in [0.4, 0.5) is 4.79 Å². The van der Waals surface area contributed by atoms with E-state index in [4.69, 9.17) is 8.92 Å². The van der Waals surface area contributed by atoms with Crippen molar-refractivity contribution in [1.82, 2.24) is 4.90 Å². The molecule has 1 aliphatic heterocycles. The minimum Gasteiger partial charge on any atom is -0.444 e. The molecule has 1 atom stereocenters. The highest BCUT2D eigenvalue weighted by Crippen LogP contribution is 2.20. The molecule has 1 saturated heterocycles. The summed E-state index contributed by atoms with van der Waals surface area (Å²) in [6.07, 6.45) is 1.35. The van der Waals surface area contributed by atoms with E-state index in [1.54, 1.807) is 11.8 Å². The van der Waals surface area contributed by atoms with Crippen LogP contribution in [0.3, 0.4) is 0 Å². The quantitative estimate of drug-likeness (QED) is 0.743. The van der Waals surface area contributed by atoms with Crippen LogP contribution in [-0.2, 0) is 19.0 Å². The summed E-state index contributed by atoms with van der Waals surface area (Å²) in [5.41, 5.74) is -0.522. The molecule has 0 spiro atoms. The number of hydrogen-bond acceptors (Lipinski definition) is 5. The summed E-state index contributed by atoms with van der Waals surface area (Å²) < 4.78 is 32.9. The predicted octanol–water partition coefficient (Wildman–Crippen LogP) is 2.00. The molecule has 118 valence electrons. The Kier molecular flexibility index (Phi) is 5.82.